The van der Waals surface area contributed by atoms with Crippen molar-refractivity contribution in [2.75, 3.05) is 13.7 Å². The molecule has 1 spiro atoms. The number of carbonyl (C=O) groups is 3. The third-order valence-corrected chi connectivity index (χ3v) is 8.28. The van der Waals surface area contributed by atoms with Crippen LogP contribution in [0.4, 0.5) is 0 Å². The minimum atomic E-state index is -1.10. The topological polar surface area (TPSA) is 108 Å². The van der Waals surface area contributed by atoms with Gasteiger partial charge in [-0.15, -0.1) is 0 Å². The number of aliphatic hydroxyl groups excluding tert-OH is 1. The van der Waals surface area contributed by atoms with Gasteiger partial charge >= 0.3 is 0 Å². The molecule has 0 saturated carbocycles. The zero-order valence-corrected chi connectivity index (χ0v) is 22.6. The first-order valence-corrected chi connectivity index (χ1v) is 12.6. The molecule has 3 N–H and O–H groups in total. The minimum absolute atomic E-state index is 0.0108. The Kier molecular flexibility index (Phi) is 6.71. The van der Waals surface area contributed by atoms with Gasteiger partial charge in [-0.1, -0.05) is 41.5 Å². The van der Waals surface area contributed by atoms with Crippen LogP contribution in [-0.4, -0.2) is 70.2 Å². The maximum atomic E-state index is 14.1. The van der Waals surface area contributed by atoms with E-state index in [1.54, 1.807) is 11.9 Å². The maximum absolute atomic E-state index is 14.1. The first-order valence-electron chi connectivity index (χ1n) is 12.6. The summed E-state index contributed by atoms with van der Waals surface area (Å²) < 4.78 is 6.68. The molecule has 3 aliphatic rings. The molecule has 3 amide bonds. The highest BCUT2D eigenvalue weighted by Crippen LogP contribution is 2.65. The molecular weight excluding hydrogens is 434 g/mol. The lowest BCUT2D eigenvalue weighted by Gasteiger charge is -2.41. The smallest absolute Gasteiger partial charge is 0.246 e. The van der Waals surface area contributed by atoms with Crippen LogP contribution in [0.2, 0.25) is 0 Å². The Bertz CT molecular complexity index is 850. The van der Waals surface area contributed by atoms with Crippen molar-refractivity contribution in [3.8, 4) is 0 Å². The van der Waals surface area contributed by atoms with E-state index in [9.17, 15) is 19.5 Å². The van der Waals surface area contributed by atoms with Gasteiger partial charge in [-0.05, 0) is 50.9 Å². The molecule has 3 aliphatic heterocycles. The van der Waals surface area contributed by atoms with Gasteiger partial charge in [0.2, 0.25) is 17.7 Å². The van der Waals surface area contributed by atoms with E-state index in [1.165, 1.54) is 0 Å². The van der Waals surface area contributed by atoms with Gasteiger partial charge in [0.15, 0.2) is 0 Å². The van der Waals surface area contributed by atoms with Crippen LogP contribution in [0, 0.1) is 29.1 Å². The van der Waals surface area contributed by atoms with Crippen LogP contribution in [0.1, 0.15) is 75.2 Å². The normalized spacial score (nSPS) is 36.1. The molecule has 7 atom stereocenters. The van der Waals surface area contributed by atoms with Crippen LogP contribution in [0.5, 0.6) is 0 Å². The van der Waals surface area contributed by atoms with Gasteiger partial charge in [0.25, 0.3) is 0 Å². The van der Waals surface area contributed by atoms with Crippen LogP contribution in [0.15, 0.2) is 0 Å². The molecule has 3 saturated heterocycles. The molecule has 0 aromatic heterocycles. The Morgan fingerprint density at radius 3 is 2.26 bits per heavy atom. The second-order valence-corrected chi connectivity index (χ2v) is 13.2. The Morgan fingerprint density at radius 1 is 1.21 bits per heavy atom. The summed E-state index contributed by atoms with van der Waals surface area (Å²) in [5, 5.41) is 16.2. The lowest BCUT2D eigenvalue weighted by Crippen LogP contribution is -2.62. The molecule has 0 radical (unpaired) electrons. The van der Waals surface area contributed by atoms with Gasteiger partial charge in [-0.25, -0.2) is 0 Å². The van der Waals surface area contributed by atoms with Crippen molar-refractivity contribution in [3.63, 3.8) is 0 Å². The van der Waals surface area contributed by atoms with Gasteiger partial charge in [-0.2, -0.15) is 0 Å². The highest BCUT2D eigenvalue weighted by molar-refractivity contribution is 5.99. The summed E-state index contributed by atoms with van der Waals surface area (Å²) in [6, 6.07) is -1.47. The van der Waals surface area contributed by atoms with E-state index in [4.69, 9.17) is 4.74 Å². The summed E-state index contributed by atoms with van der Waals surface area (Å²) in [6.45, 7) is 17.9. The molecule has 3 rings (SSSR count). The van der Waals surface area contributed by atoms with Crippen molar-refractivity contribution in [1.82, 2.24) is 15.5 Å². The third-order valence-electron chi connectivity index (χ3n) is 8.28. The SMILES string of the molecule is CNC(=O)[C@@H]1[C@H]2C(=O)N([C@@H](CO)C(C)C)C(C(=O)NC(C)(C)CC(C)(C)C)C23CC(C)[C@@]1(C)O3. The first kappa shape index (κ1) is 26.9. The number of ether oxygens (including phenoxy) is 1. The molecule has 3 heterocycles. The average molecular weight is 480 g/mol. The largest absolute Gasteiger partial charge is 0.394 e. The van der Waals surface area contributed by atoms with E-state index < -0.39 is 40.7 Å². The molecule has 8 nitrogen and oxygen atoms in total. The summed E-state index contributed by atoms with van der Waals surface area (Å²) in [7, 11) is 1.57. The van der Waals surface area contributed by atoms with Gasteiger partial charge in [0, 0.05) is 12.6 Å². The lowest BCUT2D eigenvalue weighted by atomic mass is 9.62. The maximum Gasteiger partial charge on any atom is 0.246 e. The zero-order valence-electron chi connectivity index (χ0n) is 22.6. The molecule has 194 valence electrons. The number of nitrogens with zero attached hydrogens (tertiary/aromatic N) is 1. The fraction of sp³-hybridized carbons (Fsp3) is 0.885. The molecule has 3 unspecified atom stereocenters. The van der Waals surface area contributed by atoms with Crippen molar-refractivity contribution in [2.24, 2.45) is 29.1 Å². The molecule has 2 bridgehead atoms. The monoisotopic (exact) mass is 479 g/mol. The summed E-state index contributed by atoms with van der Waals surface area (Å²) in [5.41, 5.74) is -2.47. The first-order chi connectivity index (χ1) is 15.5. The second-order valence-electron chi connectivity index (χ2n) is 13.2. The van der Waals surface area contributed by atoms with Gasteiger partial charge in [-0.3, -0.25) is 14.4 Å². The van der Waals surface area contributed by atoms with Crippen molar-refractivity contribution in [1.29, 1.82) is 0 Å². The highest BCUT2D eigenvalue weighted by atomic mass is 16.5. The molecule has 0 aliphatic carbocycles. The Morgan fingerprint density at radius 2 is 1.79 bits per heavy atom. The average Bonchev–Trinajstić information content (AvgIpc) is 3.17. The van der Waals surface area contributed by atoms with E-state index >= 15 is 0 Å². The summed E-state index contributed by atoms with van der Waals surface area (Å²) in [4.78, 5) is 42.7. The number of amides is 3. The Balaban J connectivity index is 2.12. The van der Waals surface area contributed by atoms with E-state index in [0.717, 1.165) is 6.42 Å². The van der Waals surface area contributed by atoms with E-state index in [0.29, 0.717) is 6.42 Å². The van der Waals surface area contributed by atoms with Crippen LogP contribution in [0.25, 0.3) is 0 Å². The summed E-state index contributed by atoms with van der Waals surface area (Å²) in [6.07, 6.45) is 1.25. The Labute approximate surface area is 204 Å². The number of aliphatic hydroxyl groups is 1. The van der Waals surface area contributed by atoms with Crippen molar-refractivity contribution in [3.05, 3.63) is 0 Å². The van der Waals surface area contributed by atoms with E-state index in [-0.39, 0.29) is 41.6 Å². The van der Waals surface area contributed by atoms with Crippen LogP contribution in [0.3, 0.4) is 0 Å². The fourth-order valence-electron chi connectivity index (χ4n) is 7.28. The van der Waals surface area contributed by atoms with E-state index in [1.807, 2.05) is 41.5 Å². The van der Waals surface area contributed by atoms with Crippen molar-refractivity contribution < 1.29 is 24.2 Å². The summed E-state index contributed by atoms with van der Waals surface area (Å²) in [5.74, 6) is -2.34. The van der Waals surface area contributed by atoms with Crippen LogP contribution < -0.4 is 10.6 Å². The predicted octanol–water partition coefficient (Wildman–Crippen LogP) is 2.09. The van der Waals surface area contributed by atoms with Gasteiger partial charge in [0.05, 0.1) is 30.1 Å². The molecule has 3 fully saturated rings. The third kappa shape index (κ3) is 4.04. The molecular formula is C26H45N3O5. The fourth-order valence-corrected chi connectivity index (χ4v) is 7.28. The second kappa shape index (κ2) is 8.47. The van der Waals surface area contributed by atoms with Gasteiger partial charge in [0.1, 0.15) is 11.6 Å². The summed E-state index contributed by atoms with van der Waals surface area (Å²) >= 11 is 0. The van der Waals surface area contributed by atoms with Crippen molar-refractivity contribution >= 4 is 17.7 Å². The number of likely N-dealkylation sites (tertiary alicyclic amines) is 1. The number of nitrogens with one attached hydrogen (secondary N) is 2. The number of rotatable bonds is 7. The van der Waals surface area contributed by atoms with Crippen LogP contribution in [-0.2, 0) is 19.1 Å². The number of fused-ring (bicyclic) bond motifs is 1. The Hall–Kier alpha value is -1.67. The van der Waals surface area contributed by atoms with E-state index in [2.05, 4.69) is 31.4 Å². The zero-order chi connectivity index (χ0) is 26.0. The number of carbonyl (C=O) groups excluding carboxylic acids is 3. The molecule has 0 aromatic carbocycles. The quantitative estimate of drug-likeness (QED) is 0.518. The predicted molar refractivity (Wildman–Crippen MR) is 130 cm³/mol. The van der Waals surface area contributed by atoms with Crippen molar-refractivity contribution in [2.45, 2.75) is 104 Å². The molecule has 8 heteroatoms. The van der Waals surface area contributed by atoms with Crippen LogP contribution >= 0.6 is 0 Å². The highest BCUT2D eigenvalue weighted by Gasteiger charge is 2.80. The van der Waals surface area contributed by atoms with Gasteiger partial charge < -0.3 is 25.4 Å². The minimum Gasteiger partial charge on any atom is -0.394 e. The molecule has 0 aromatic rings. The number of hydrogen-bond donors (Lipinski definition) is 3. The lowest BCUT2D eigenvalue weighted by molar-refractivity contribution is -0.152. The molecule has 34 heavy (non-hydrogen) atoms. The number of hydrogen-bond acceptors (Lipinski definition) is 5. The standard InChI is InChI=1S/C26H45N3O5/c1-14(2)16(12-30)29-19(21(32)28-24(7,8)13-23(4,5)6)26-11-15(3)25(9,34-26)17(20(31)27-10)18(26)22(29)33/h14-19,30H,11-13H2,1-10H3,(H,27,31)(H,28,32)/t15?,16-,17-,18-,19?,25+,26?/m0/s1.